The molecule has 1 aromatic heterocycles. The minimum atomic E-state index is -0.723. The Kier molecular flexibility index (Phi) is 3.53. The number of hydrogen-bond donors (Lipinski definition) is 2. The summed E-state index contributed by atoms with van der Waals surface area (Å²) in [5.74, 6) is -0.723. The zero-order chi connectivity index (χ0) is 13.1. The number of pyridine rings is 1. The minimum absolute atomic E-state index is 0.0264. The summed E-state index contributed by atoms with van der Waals surface area (Å²) in [6, 6.07) is 9.34. The summed E-state index contributed by atoms with van der Waals surface area (Å²) in [5.41, 5.74) is 6.34. The minimum Gasteiger partial charge on any atom is -0.365 e. The van der Waals surface area contributed by atoms with E-state index in [1.54, 1.807) is 18.0 Å². The average Bonchev–Trinajstić information content (AvgIpc) is 2.39. The smallest absolute Gasteiger partial charge is 0.260 e. The molecule has 0 atom stereocenters. The second-order valence-corrected chi connectivity index (χ2v) is 4.60. The molecule has 18 heavy (non-hydrogen) atoms. The van der Waals surface area contributed by atoms with Crippen LogP contribution < -0.4 is 11.3 Å². The number of amides is 1. The first-order valence-electron chi connectivity index (χ1n) is 5.29. The second-order valence-electron chi connectivity index (χ2n) is 3.72. The number of hydrogen-bond acceptors (Lipinski definition) is 3. The number of primary amides is 1. The molecule has 0 aliphatic rings. The van der Waals surface area contributed by atoms with Crippen molar-refractivity contribution in [2.75, 3.05) is 6.26 Å². The lowest BCUT2D eigenvalue weighted by Crippen LogP contribution is -2.23. The SMILES string of the molecule is CSc1ccc(-c2c[nH]c(=O)c(C(N)=O)c2)cc1. The molecule has 92 valence electrons. The molecule has 2 aromatic rings. The third kappa shape index (κ3) is 2.46. The molecule has 3 N–H and O–H groups in total. The van der Waals surface area contributed by atoms with Gasteiger partial charge in [-0.15, -0.1) is 11.8 Å². The summed E-state index contributed by atoms with van der Waals surface area (Å²) in [6.07, 6.45) is 3.57. The molecule has 0 spiro atoms. The number of carbonyl (C=O) groups excluding carboxylic acids is 1. The molecule has 1 aromatic carbocycles. The van der Waals surface area contributed by atoms with Gasteiger partial charge in [-0.25, -0.2) is 0 Å². The number of nitrogens with one attached hydrogen (secondary N) is 1. The molecule has 1 heterocycles. The van der Waals surface area contributed by atoms with Crippen molar-refractivity contribution in [1.82, 2.24) is 4.98 Å². The fraction of sp³-hybridized carbons (Fsp3) is 0.0769. The molecule has 0 saturated heterocycles. The number of aromatic nitrogens is 1. The number of thioether (sulfide) groups is 1. The maximum Gasteiger partial charge on any atom is 0.260 e. The van der Waals surface area contributed by atoms with Crippen molar-refractivity contribution in [2.24, 2.45) is 5.73 Å². The number of aromatic amines is 1. The van der Waals surface area contributed by atoms with Gasteiger partial charge in [0.1, 0.15) is 5.56 Å². The van der Waals surface area contributed by atoms with E-state index in [1.165, 1.54) is 6.07 Å². The van der Waals surface area contributed by atoms with Crippen LogP contribution in [-0.2, 0) is 0 Å². The molecule has 0 unspecified atom stereocenters. The largest absolute Gasteiger partial charge is 0.365 e. The molecule has 2 rings (SSSR count). The van der Waals surface area contributed by atoms with E-state index < -0.39 is 11.5 Å². The van der Waals surface area contributed by atoms with Gasteiger partial charge in [0.15, 0.2) is 0 Å². The molecular weight excluding hydrogens is 248 g/mol. The van der Waals surface area contributed by atoms with Gasteiger partial charge in [0.25, 0.3) is 11.5 Å². The summed E-state index contributed by atoms with van der Waals surface area (Å²) in [5, 5.41) is 0. The Bertz CT molecular complexity index is 632. The van der Waals surface area contributed by atoms with Gasteiger partial charge in [0, 0.05) is 11.1 Å². The van der Waals surface area contributed by atoms with Gasteiger partial charge in [0.05, 0.1) is 0 Å². The van der Waals surface area contributed by atoms with Gasteiger partial charge < -0.3 is 10.7 Å². The highest BCUT2D eigenvalue weighted by molar-refractivity contribution is 7.98. The first-order valence-corrected chi connectivity index (χ1v) is 6.51. The van der Waals surface area contributed by atoms with Crippen molar-refractivity contribution in [3.05, 3.63) is 52.4 Å². The highest BCUT2D eigenvalue weighted by atomic mass is 32.2. The number of H-pyrrole nitrogens is 1. The molecular formula is C13H12N2O2S. The fourth-order valence-corrected chi connectivity index (χ4v) is 2.03. The van der Waals surface area contributed by atoms with E-state index in [1.807, 2.05) is 30.5 Å². The van der Waals surface area contributed by atoms with Gasteiger partial charge in [-0.1, -0.05) is 12.1 Å². The maximum atomic E-state index is 11.4. The van der Waals surface area contributed by atoms with Crippen LogP contribution in [0.15, 0.2) is 46.2 Å². The van der Waals surface area contributed by atoms with E-state index >= 15 is 0 Å². The monoisotopic (exact) mass is 260 g/mol. The average molecular weight is 260 g/mol. The predicted octanol–water partition coefficient (Wildman–Crippen LogP) is 1.86. The first-order chi connectivity index (χ1) is 8.61. The summed E-state index contributed by atoms with van der Waals surface area (Å²) >= 11 is 1.65. The summed E-state index contributed by atoms with van der Waals surface area (Å²) < 4.78 is 0. The van der Waals surface area contributed by atoms with E-state index in [0.717, 1.165) is 16.0 Å². The molecule has 0 radical (unpaired) electrons. The van der Waals surface area contributed by atoms with Gasteiger partial charge in [-0.05, 0) is 35.6 Å². The molecule has 0 bridgehead atoms. The van der Waals surface area contributed by atoms with Gasteiger partial charge in [-0.3, -0.25) is 9.59 Å². The van der Waals surface area contributed by atoms with Crippen LogP contribution in [-0.4, -0.2) is 17.1 Å². The van der Waals surface area contributed by atoms with Gasteiger partial charge in [-0.2, -0.15) is 0 Å². The van der Waals surface area contributed by atoms with Crippen LogP contribution in [0.1, 0.15) is 10.4 Å². The van der Waals surface area contributed by atoms with Crippen LogP contribution in [0.25, 0.3) is 11.1 Å². The normalized spacial score (nSPS) is 10.3. The molecule has 0 aliphatic carbocycles. The maximum absolute atomic E-state index is 11.4. The standard InChI is InChI=1S/C13H12N2O2S/c1-18-10-4-2-8(3-5-10)9-6-11(12(14)16)13(17)15-7-9/h2-7H,1H3,(H2,14,16)(H,15,17). The Morgan fingerprint density at radius 1 is 1.22 bits per heavy atom. The Hall–Kier alpha value is -2.01. The van der Waals surface area contributed by atoms with Crippen LogP contribution in [0, 0.1) is 0 Å². The van der Waals surface area contributed by atoms with Crippen LogP contribution >= 0.6 is 11.8 Å². The quantitative estimate of drug-likeness (QED) is 0.827. The van der Waals surface area contributed by atoms with Crippen molar-refractivity contribution in [3.63, 3.8) is 0 Å². The third-order valence-electron chi connectivity index (χ3n) is 2.59. The zero-order valence-electron chi connectivity index (χ0n) is 9.77. The molecule has 0 fully saturated rings. The zero-order valence-corrected chi connectivity index (χ0v) is 10.6. The molecule has 5 heteroatoms. The number of nitrogens with two attached hydrogens (primary N) is 1. The molecule has 0 aliphatic heterocycles. The van der Waals surface area contributed by atoms with E-state index in [9.17, 15) is 9.59 Å². The fourth-order valence-electron chi connectivity index (χ4n) is 1.62. The van der Waals surface area contributed by atoms with Crippen molar-refractivity contribution in [2.45, 2.75) is 4.90 Å². The van der Waals surface area contributed by atoms with Crippen molar-refractivity contribution >= 4 is 17.7 Å². The lowest BCUT2D eigenvalue weighted by molar-refractivity contribution is 0.0999. The Morgan fingerprint density at radius 2 is 1.89 bits per heavy atom. The van der Waals surface area contributed by atoms with Crippen LogP contribution in [0.4, 0.5) is 0 Å². The topological polar surface area (TPSA) is 75.9 Å². The first kappa shape index (κ1) is 12.4. The van der Waals surface area contributed by atoms with Crippen molar-refractivity contribution in [3.8, 4) is 11.1 Å². The van der Waals surface area contributed by atoms with E-state index in [0.29, 0.717) is 0 Å². The summed E-state index contributed by atoms with van der Waals surface area (Å²) in [4.78, 5) is 26.2. The highest BCUT2D eigenvalue weighted by Crippen LogP contribution is 2.22. The Morgan fingerprint density at radius 3 is 2.44 bits per heavy atom. The second kappa shape index (κ2) is 5.10. The van der Waals surface area contributed by atoms with Crippen LogP contribution in [0.5, 0.6) is 0 Å². The third-order valence-corrected chi connectivity index (χ3v) is 3.34. The summed E-state index contributed by atoms with van der Waals surface area (Å²) in [6.45, 7) is 0. The Balaban J connectivity index is 2.47. The Labute approximate surface area is 108 Å². The number of carbonyl (C=O) groups is 1. The lowest BCUT2D eigenvalue weighted by atomic mass is 10.1. The molecule has 4 nitrogen and oxygen atoms in total. The van der Waals surface area contributed by atoms with Gasteiger partial charge >= 0.3 is 0 Å². The summed E-state index contributed by atoms with van der Waals surface area (Å²) in [7, 11) is 0. The molecule has 0 saturated carbocycles. The number of benzene rings is 1. The van der Waals surface area contributed by atoms with Crippen LogP contribution in [0.2, 0.25) is 0 Å². The molecule has 1 amide bonds. The van der Waals surface area contributed by atoms with E-state index in [-0.39, 0.29) is 5.56 Å². The van der Waals surface area contributed by atoms with Gasteiger partial charge in [0.2, 0.25) is 0 Å². The lowest BCUT2D eigenvalue weighted by Gasteiger charge is -2.04. The highest BCUT2D eigenvalue weighted by Gasteiger charge is 2.08. The predicted molar refractivity (Wildman–Crippen MR) is 72.8 cm³/mol. The van der Waals surface area contributed by atoms with Crippen LogP contribution in [0.3, 0.4) is 0 Å². The number of rotatable bonds is 3. The van der Waals surface area contributed by atoms with E-state index in [4.69, 9.17) is 5.73 Å². The van der Waals surface area contributed by atoms with Crippen molar-refractivity contribution < 1.29 is 4.79 Å². The van der Waals surface area contributed by atoms with Crippen molar-refractivity contribution in [1.29, 1.82) is 0 Å². The van der Waals surface area contributed by atoms with E-state index in [2.05, 4.69) is 4.98 Å².